The molecule has 13 nitrogen and oxygen atoms in total. The number of rotatable bonds is 11. The summed E-state index contributed by atoms with van der Waals surface area (Å²) in [5.41, 5.74) is 9.34. The highest BCUT2D eigenvalue weighted by atomic mass is 16.5. The minimum absolute atomic E-state index is 0.143. The van der Waals surface area contributed by atoms with Gasteiger partial charge in [0.15, 0.2) is 0 Å². The van der Waals surface area contributed by atoms with Crippen LogP contribution in [0.25, 0.3) is 11.1 Å². The normalized spacial score (nSPS) is 16.9. The second-order valence-electron chi connectivity index (χ2n) is 15.0. The number of carbonyl (C=O) groups is 3. The smallest absolute Gasteiger partial charge is 0.328 e. The summed E-state index contributed by atoms with van der Waals surface area (Å²) in [7, 11) is 0. The summed E-state index contributed by atoms with van der Waals surface area (Å²) >= 11 is 0. The van der Waals surface area contributed by atoms with E-state index in [1.54, 1.807) is 11.1 Å². The van der Waals surface area contributed by atoms with E-state index in [4.69, 9.17) is 4.74 Å². The Kier molecular flexibility index (Phi) is 11.8. The number of ether oxygens (including phenoxy) is 1. The molecule has 3 N–H and O–H groups in total. The van der Waals surface area contributed by atoms with Crippen LogP contribution in [0.2, 0.25) is 0 Å². The lowest BCUT2D eigenvalue weighted by atomic mass is 9.95. The van der Waals surface area contributed by atoms with Crippen molar-refractivity contribution < 1.29 is 19.1 Å². The Balaban J connectivity index is 1.05. The molecule has 5 heterocycles. The number of nitrogens with one attached hydrogen (secondary N) is 3. The van der Waals surface area contributed by atoms with Crippen LogP contribution in [0.1, 0.15) is 64.6 Å². The van der Waals surface area contributed by atoms with E-state index in [-0.39, 0.29) is 30.3 Å². The van der Waals surface area contributed by atoms with E-state index in [9.17, 15) is 19.2 Å². The first kappa shape index (κ1) is 38.7. The summed E-state index contributed by atoms with van der Waals surface area (Å²) in [5.74, 6) is -0.460. The molecule has 3 aliphatic rings. The van der Waals surface area contributed by atoms with Crippen LogP contribution in [0.3, 0.4) is 0 Å². The Morgan fingerprint density at radius 3 is 2.30 bits per heavy atom. The number of amides is 4. The van der Waals surface area contributed by atoms with Crippen LogP contribution in [-0.4, -0.2) is 91.2 Å². The van der Waals surface area contributed by atoms with E-state index >= 15 is 0 Å². The topological polar surface area (TPSA) is 143 Å². The second kappa shape index (κ2) is 17.1. The first-order valence-electron chi connectivity index (χ1n) is 19.7. The number of piperazine rings is 1. The van der Waals surface area contributed by atoms with Gasteiger partial charge in [0.1, 0.15) is 0 Å². The minimum Gasteiger partial charge on any atom is -0.381 e. The Labute approximate surface area is 328 Å². The summed E-state index contributed by atoms with van der Waals surface area (Å²) in [4.78, 5) is 66.6. The quantitative estimate of drug-likeness (QED) is 0.191. The van der Waals surface area contributed by atoms with E-state index in [1.807, 2.05) is 45.0 Å². The predicted octanol–water partition coefficient (Wildman–Crippen LogP) is 5.07. The average Bonchev–Trinajstić information content (AvgIpc) is 3.19. The SMILES string of the molecule is CCN(c1cc(-c2ccc(N3CCN(Cc4ccc(N5CCC(=O)NC5=O)cn4)CC3)cc2)cc(C(=O)NCc2c(C)cc(C)[nH]c2=O)c1C)C1CCOCC1. The van der Waals surface area contributed by atoms with Gasteiger partial charge in [-0.3, -0.25) is 34.5 Å². The zero-order valence-electron chi connectivity index (χ0n) is 32.8. The van der Waals surface area contributed by atoms with Gasteiger partial charge in [-0.25, -0.2) is 4.79 Å². The van der Waals surface area contributed by atoms with Crippen molar-refractivity contribution in [2.45, 2.75) is 66.1 Å². The summed E-state index contributed by atoms with van der Waals surface area (Å²) in [6.45, 7) is 14.9. The third-order valence-corrected chi connectivity index (χ3v) is 11.3. The predicted molar refractivity (Wildman–Crippen MR) is 218 cm³/mol. The van der Waals surface area contributed by atoms with Crippen LogP contribution in [0.15, 0.2) is 65.6 Å². The van der Waals surface area contributed by atoms with Crippen molar-refractivity contribution in [3.05, 3.63) is 105 Å². The molecule has 0 aliphatic carbocycles. The number of pyridine rings is 2. The number of anilines is 3. The fourth-order valence-electron chi connectivity index (χ4n) is 8.13. The lowest BCUT2D eigenvalue weighted by molar-refractivity contribution is -0.120. The van der Waals surface area contributed by atoms with Crippen LogP contribution in [0.5, 0.6) is 0 Å². The third kappa shape index (κ3) is 8.63. The lowest BCUT2D eigenvalue weighted by Crippen LogP contribution is -2.49. The van der Waals surface area contributed by atoms with Gasteiger partial charge in [0.25, 0.3) is 11.5 Å². The van der Waals surface area contributed by atoms with Crippen molar-refractivity contribution in [1.29, 1.82) is 0 Å². The number of benzene rings is 2. The molecular weight excluding hydrogens is 709 g/mol. The van der Waals surface area contributed by atoms with Gasteiger partial charge >= 0.3 is 6.03 Å². The van der Waals surface area contributed by atoms with Gasteiger partial charge in [0, 0.05) is 106 Å². The zero-order valence-corrected chi connectivity index (χ0v) is 32.8. The Bertz CT molecular complexity index is 2120. The highest BCUT2D eigenvalue weighted by Crippen LogP contribution is 2.35. The van der Waals surface area contributed by atoms with Crippen molar-refractivity contribution in [2.24, 2.45) is 0 Å². The molecule has 0 saturated carbocycles. The van der Waals surface area contributed by atoms with Crippen LogP contribution in [0, 0.1) is 20.8 Å². The van der Waals surface area contributed by atoms with Gasteiger partial charge in [-0.05, 0) is 105 Å². The third-order valence-electron chi connectivity index (χ3n) is 11.3. The van der Waals surface area contributed by atoms with Gasteiger partial charge < -0.3 is 24.8 Å². The molecule has 56 heavy (non-hydrogen) atoms. The number of H-pyrrole nitrogens is 1. The Morgan fingerprint density at radius 2 is 1.64 bits per heavy atom. The summed E-state index contributed by atoms with van der Waals surface area (Å²) in [5, 5.41) is 5.41. The molecule has 4 amide bonds. The van der Waals surface area contributed by atoms with Crippen molar-refractivity contribution in [1.82, 2.24) is 25.5 Å². The molecule has 3 fully saturated rings. The van der Waals surface area contributed by atoms with E-state index < -0.39 is 6.03 Å². The second-order valence-corrected chi connectivity index (χ2v) is 15.0. The van der Waals surface area contributed by atoms with Crippen LogP contribution < -0.4 is 30.9 Å². The molecule has 3 saturated heterocycles. The maximum Gasteiger partial charge on any atom is 0.328 e. The monoisotopic (exact) mass is 760 g/mol. The molecule has 0 bridgehead atoms. The Hall–Kier alpha value is -5.53. The molecule has 0 atom stereocenters. The number of aromatic nitrogens is 2. The van der Waals surface area contributed by atoms with Crippen molar-refractivity contribution in [3.63, 3.8) is 0 Å². The van der Waals surface area contributed by atoms with Crippen molar-refractivity contribution >= 4 is 34.9 Å². The van der Waals surface area contributed by atoms with Gasteiger partial charge in [-0.1, -0.05) is 12.1 Å². The molecular formula is C43H52N8O5. The van der Waals surface area contributed by atoms with Crippen molar-refractivity contribution in [2.75, 3.05) is 67.2 Å². The number of imide groups is 1. The fraction of sp³-hybridized carbons (Fsp3) is 0.419. The number of urea groups is 1. The highest BCUT2D eigenvalue weighted by molar-refractivity contribution is 6.05. The maximum absolute atomic E-state index is 14.0. The van der Waals surface area contributed by atoms with Crippen molar-refractivity contribution in [3.8, 4) is 11.1 Å². The van der Waals surface area contributed by atoms with E-state index in [0.29, 0.717) is 35.9 Å². The largest absolute Gasteiger partial charge is 0.381 e. The van der Waals surface area contributed by atoms with E-state index in [0.717, 1.165) is 104 Å². The molecule has 13 heteroatoms. The number of aromatic amines is 1. The minimum atomic E-state index is -0.409. The zero-order chi connectivity index (χ0) is 39.3. The molecule has 2 aromatic heterocycles. The first-order valence-corrected chi connectivity index (χ1v) is 19.7. The highest BCUT2D eigenvalue weighted by Gasteiger charge is 2.27. The average molecular weight is 761 g/mol. The summed E-state index contributed by atoms with van der Waals surface area (Å²) in [6.07, 6.45) is 3.85. The molecule has 4 aromatic rings. The molecule has 0 radical (unpaired) electrons. The molecule has 2 aromatic carbocycles. The van der Waals surface area contributed by atoms with Gasteiger partial charge in [0.2, 0.25) is 5.91 Å². The van der Waals surface area contributed by atoms with E-state index in [1.165, 1.54) is 0 Å². The molecule has 0 unspecified atom stereocenters. The first-order chi connectivity index (χ1) is 27.1. The molecule has 0 spiro atoms. The molecule has 294 valence electrons. The number of nitrogens with zero attached hydrogens (tertiary/aromatic N) is 5. The van der Waals surface area contributed by atoms with Crippen LogP contribution >= 0.6 is 0 Å². The summed E-state index contributed by atoms with van der Waals surface area (Å²) < 4.78 is 5.69. The van der Waals surface area contributed by atoms with Gasteiger partial charge in [-0.15, -0.1) is 0 Å². The maximum atomic E-state index is 14.0. The van der Waals surface area contributed by atoms with Gasteiger partial charge in [0.05, 0.1) is 17.6 Å². The van der Waals surface area contributed by atoms with E-state index in [2.05, 4.69) is 72.6 Å². The Morgan fingerprint density at radius 1 is 0.911 bits per heavy atom. The standard InChI is InChI=1S/C43H52N8O5/c1-5-50(35-13-20-56-21-14-35)39-24-32(23-37(30(39)4)41(53)45-26-38-28(2)22-29(3)46-42(38)54)31-6-9-34(10-7-31)49-18-16-48(17-19-49)27-33-8-11-36(25-44-33)51-15-12-40(52)47-43(51)55/h6-11,22-25,35H,5,12-21,26-27H2,1-4H3,(H,45,53)(H,46,54)(H,47,52,55). The van der Waals surface area contributed by atoms with Gasteiger partial charge in [-0.2, -0.15) is 0 Å². The number of aryl methyl sites for hydroxylation is 2. The number of carbonyl (C=O) groups excluding carboxylic acids is 3. The number of hydrogen-bond donors (Lipinski definition) is 3. The summed E-state index contributed by atoms with van der Waals surface area (Å²) in [6, 6.07) is 18.5. The molecule has 7 rings (SSSR count). The lowest BCUT2D eigenvalue weighted by Gasteiger charge is -2.37. The number of hydrogen-bond acceptors (Lipinski definition) is 9. The van der Waals surface area contributed by atoms with Crippen LogP contribution in [-0.2, 0) is 22.6 Å². The molecule has 3 aliphatic heterocycles. The van der Waals surface area contributed by atoms with Crippen LogP contribution in [0.4, 0.5) is 21.9 Å². The fourth-order valence-corrected chi connectivity index (χ4v) is 8.13.